The highest BCUT2D eigenvalue weighted by atomic mass is 16.6. The predicted molar refractivity (Wildman–Crippen MR) is 120 cm³/mol. The molecule has 0 aromatic heterocycles. The van der Waals surface area contributed by atoms with Crippen LogP contribution in [0.25, 0.3) is 0 Å². The van der Waals surface area contributed by atoms with Gasteiger partial charge in [0.05, 0.1) is 16.9 Å². The highest BCUT2D eigenvalue weighted by Gasteiger charge is 2.42. The molecule has 164 valence electrons. The lowest BCUT2D eigenvalue weighted by molar-refractivity contribution is -0.384. The molecule has 0 saturated carbocycles. The number of anilines is 2. The Morgan fingerprint density at radius 3 is 2.77 bits per heavy atom. The van der Waals surface area contributed by atoms with Gasteiger partial charge in [0.2, 0.25) is 5.91 Å². The second-order valence-corrected chi connectivity index (χ2v) is 8.06. The summed E-state index contributed by atoms with van der Waals surface area (Å²) in [6, 6.07) is 15.3. The minimum absolute atomic E-state index is 0.00169. The summed E-state index contributed by atoms with van der Waals surface area (Å²) < 4.78 is 5.07. The van der Waals surface area contributed by atoms with E-state index in [1.807, 2.05) is 24.3 Å². The number of ether oxygens (including phenoxy) is 1. The van der Waals surface area contributed by atoms with Crippen LogP contribution in [0.4, 0.5) is 17.1 Å². The van der Waals surface area contributed by atoms with Crippen molar-refractivity contribution >= 4 is 23.0 Å². The molecular weight excluding hydrogens is 396 g/mol. The summed E-state index contributed by atoms with van der Waals surface area (Å²) in [6.45, 7) is 3.48. The van der Waals surface area contributed by atoms with Gasteiger partial charge in [-0.25, -0.2) is 0 Å². The zero-order valence-electron chi connectivity index (χ0n) is 17.7. The van der Waals surface area contributed by atoms with E-state index < -0.39 is 0 Å². The molecule has 8 heteroatoms. The van der Waals surface area contributed by atoms with Crippen molar-refractivity contribution in [1.29, 1.82) is 0 Å². The van der Waals surface area contributed by atoms with Crippen LogP contribution < -0.4 is 15.1 Å². The molecule has 0 spiro atoms. The van der Waals surface area contributed by atoms with Gasteiger partial charge < -0.3 is 19.9 Å². The Bertz CT molecular complexity index is 936. The zero-order valence-corrected chi connectivity index (χ0v) is 17.7. The number of carbonyl (C=O) groups is 1. The van der Waals surface area contributed by atoms with Gasteiger partial charge in [-0.2, -0.15) is 0 Å². The van der Waals surface area contributed by atoms with Gasteiger partial charge in [-0.1, -0.05) is 18.2 Å². The third kappa shape index (κ3) is 4.49. The molecule has 1 amide bonds. The number of methoxy groups -OCH3 is 1. The maximum atomic E-state index is 13.2. The van der Waals surface area contributed by atoms with Gasteiger partial charge in [0, 0.05) is 63.4 Å². The van der Waals surface area contributed by atoms with E-state index in [1.165, 1.54) is 0 Å². The van der Waals surface area contributed by atoms with Crippen molar-refractivity contribution in [3.05, 3.63) is 64.2 Å². The maximum absolute atomic E-state index is 13.2. The molecule has 2 aliphatic rings. The van der Waals surface area contributed by atoms with Crippen molar-refractivity contribution in [2.45, 2.75) is 18.9 Å². The Morgan fingerprint density at radius 1 is 1.23 bits per heavy atom. The fourth-order valence-corrected chi connectivity index (χ4v) is 4.66. The van der Waals surface area contributed by atoms with Gasteiger partial charge in [-0.3, -0.25) is 14.9 Å². The number of benzene rings is 2. The zero-order chi connectivity index (χ0) is 21.8. The fourth-order valence-electron chi connectivity index (χ4n) is 4.66. The van der Waals surface area contributed by atoms with Crippen molar-refractivity contribution in [3.8, 4) is 0 Å². The van der Waals surface area contributed by atoms with Crippen molar-refractivity contribution in [2.75, 3.05) is 49.7 Å². The lowest BCUT2D eigenvalue weighted by atomic mass is 9.83. The number of fused-ring (bicyclic) bond motifs is 3. The summed E-state index contributed by atoms with van der Waals surface area (Å²) >= 11 is 0. The topological polar surface area (TPSA) is 87.9 Å². The number of nitro groups is 1. The Kier molecular flexibility index (Phi) is 6.36. The predicted octanol–water partition coefficient (Wildman–Crippen LogP) is 2.62. The Labute approximate surface area is 181 Å². The molecule has 0 aliphatic carbocycles. The van der Waals surface area contributed by atoms with Crippen LogP contribution in [0.5, 0.6) is 0 Å². The van der Waals surface area contributed by atoms with Crippen LogP contribution in [0.15, 0.2) is 48.5 Å². The third-order valence-electron chi connectivity index (χ3n) is 6.19. The third-order valence-corrected chi connectivity index (χ3v) is 6.19. The molecule has 0 unspecified atom stereocenters. The van der Waals surface area contributed by atoms with Crippen molar-refractivity contribution in [2.24, 2.45) is 5.92 Å². The van der Waals surface area contributed by atoms with E-state index >= 15 is 0 Å². The highest BCUT2D eigenvalue weighted by molar-refractivity contribution is 5.82. The fraction of sp³-hybridized carbons (Fsp3) is 0.435. The van der Waals surface area contributed by atoms with Gasteiger partial charge in [-0.15, -0.1) is 0 Å². The van der Waals surface area contributed by atoms with Crippen molar-refractivity contribution in [3.63, 3.8) is 0 Å². The van der Waals surface area contributed by atoms with E-state index in [2.05, 4.69) is 27.2 Å². The highest BCUT2D eigenvalue weighted by Crippen LogP contribution is 2.38. The molecule has 1 fully saturated rings. The van der Waals surface area contributed by atoms with Crippen molar-refractivity contribution < 1.29 is 14.5 Å². The molecule has 8 nitrogen and oxygen atoms in total. The average molecular weight is 425 g/mol. The Hall–Kier alpha value is -3.13. The molecular formula is C23H28N4O4. The molecule has 0 bridgehead atoms. The summed E-state index contributed by atoms with van der Waals surface area (Å²) in [5.74, 6) is -0.276. The molecule has 0 radical (unpaired) electrons. The number of nitrogens with zero attached hydrogens (tertiary/aromatic N) is 3. The summed E-state index contributed by atoms with van der Waals surface area (Å²) in [6.07, 6.45) is 1.25. The number of hydrogen-bond donors (Lipinski definition) is 1. The van der Waals surface area contributed by atoms with E-state index in [0.29, 0.717) is 19.6 Å². The molecule has 1 N–H and O–H groups in total. The number of carbonyl (C=O) groups excluding carboxylic acids is 1. The first kappa shape index (κ1) is 21.1. The number of para-hydroxylation sites is 1. The summed E-state index contributed by atoms with van der Waals surface area (Å²) in [4.78, 5) is 28.7. The van der Waals surface area contributed by atoms with Crippen LogP contribution in [0, 0.1) is 16.0 Å². The van der Waals surface area contributed by atoms with Crippen LogP contribution in [-0.2, 0) is 16.0 Å². The van der Waals surface area contributed by atoms with Gasteiger partial charge in [0.1, 0.15) is 0 Å². The Balaban J connectivity index is 1.60. The summed E-state index contributed by atoms with van der Waals surface area (Å²) in [5, 5.41) is 14.3. The molecule has 2 atom stereocenters. The van der Waals surface area contributed by atoms with E-state index in [1.54, 1.807) is 19.2 Å². The first-order valence-electron chi connectivity index (χ1n) is 10.7. The van der Waals surface area contributed by atoms with E-state index in [4.69, 9.17) is 4.74 Å². The molecule has 2 heterocycles. The lowest BCUT2D eigenvalue weighted by Crippen LogP contribution is -2.61. The largest absolute Gasteiger partial charge is 0.385 e. The number of piperazine rings is 1. The van der Waals surface area contributed by atoms with Crippen molar-refractivity contribution in [1.82, 2.24) is 5.32 Å². The number of nitrogens with one attached hydrogen (secondary N) is 1. The summed E-state index contributed by atoms with van der Waals surface area (Å²) in [5.41, 5.74) is 3.10. The number of amides is 1. The summed E-state index contributed by atoms with van der Waals surface area (Å²) in [7, 11) is 1.64. The molecule has 2 aromatic rings. The number of non-ortho nitro benzene ring substituents is 1. The normalized spacial score (nSPS) is 20.0. The van der Waals surface area contributed by atoms with Crippen LogP contribution in [0.1, 0.15) is 12.0 Å². The lowest BCUT2D eigenvalue weighted by Gasteiger charge is -2.49. The van der Waals surface area contributed by atoms with Gasteiger partial charge in [-0.05, 0) is 36.6 Å². The Morgan fingerprint density at radius 2 is 2.03 bits per heavy atom. The number of rotatable bonds is 7. The van der Waals surface area contributed by atoms with Crippen LogP contribution in [0.3, 0.4) is 0 Å². The SMILES string of the molecule is COCCCNC(=O)[C@@H]1Cc2cc([N+](=O)[O-])ccc2N2CCN(c3ccccc3)C[C@H]12. The first-order valence-corrected chi connectivity index (χ1v) is 10.7. The average Bonchev–Trinajstić information content (AvgIpc) is 2.81. The molecule has 2 aromatic carbocycles. The monoisotopic (exact) mass is 424 g/mol. The van der Waals surface area contributed by atoms with Crippen LogP contribution >= 0.6 is 0 Å². The van der Waals surface area contributed by atoms with E-state index in [9.17, 15) is 14.9 Å². The minimum atomic E-state index is -0.375. The number of hydrogen-bond acceptors (Lipinski definition) is 6. The molecule has 1 saturated heterocycles. The number of nitro benzene ring substituents is 1. The van der Waals surface area contributed by atoms with Gasteiger partial charge >= 0.3 is 0 Å². The second-order valence-electron chi connectivity index (χ2n) is 8.06. The van der Waals surface area contributed by atoms with Gasteiger partial charge in [0.25, 0.3) is 5.69 Å². The smallest absolute Gasteiger partial charge is 0.269 e. The molecule has 2 aliphatic heterocycles. The minimum Gasteiger partial charge on any atom is -0.385 e. The quantitative estimate of drug-likeness (QED) is 0.418. The second kappa shape index (κ2) is 9.34. The van der Waals surface area contributed by atoms with Crippen LogP contribution in [0.2, 0.25) is 0 Å². The van der Waals surface area contributed by atoms with Gasteiger partial charge in [0.15, 0.2) is 0 Å². The molecule has 4 rings (SSSR count). The van der Waals surface area contributed by atoms with E-state index in [0.717, 1.165) is 43.0 Å². The van der Waals surface area contributed by atoms with E-state index in [-0.39, 0.29) is 28.5 Å². The standard InChI is InChI=1S/C23H28N4O4/c1-31-13-5-10-24-23(28)20-15-17-14-19(27(29)30)8-9-21(17)26-12-11-25(16-22(20)26)18-6-3-2-4-7-18/h2-4,6-9,14,20,22H,5,10-13,15-16H2,1H3,(H,24,28)/t20-,22-/m1/s1. The first-order chi connectivity index (χ1) is 15.1. The maximum Gasteiger partial charge on any atom is 0.269 e. The molecule has 31 heavy (non-hydrogen) atoms. The van der Waals surface area contributed by atoms with Crippen LogP contribution in [-0.4, -0.2) is 56.8 Å².